The maximum Gasteiger partial charge on any atom is 0.434 e. The first-order chi connectivity index (χ1) is 16.7. The van der Waals surface area contributed by atoms with Gasteiger partial charge in [0.1, 0.15) is 5.69 Å². The third-order valence-electron chi connectivity index (χ3n) is 5.96. The summed E-state index contributed by atoms with van der Waals surface area (Å²) in [5, 5.41) is 0. The zero-order chi connectivity index (χ0) is 28.7. The highest BCUT2D eigenvalue weighted by Gasteiger charge is 2.42. The lowest BCUT2D eigenvalue weighted by atomic mass is 9.78. The van der Waals surface area contributed by atoms with Gasteiger partial charge < -0.3 is 4.74 Å². The van der Waals surface area contributed by atoms with Crippen LogP contribution in [0.2, 0.25) is 0 Å². The number of rotatable bonds is 6. The smallest absolute Gasteiger partial charge is 0.434 e. The van der Waals surface area contributed by atoms with Crippen LogP contribution in [0.25, 0.3) is 0 Å². The molecule has 0 N–H and O–H groups in total. The highest BCUT2D eigenvalue weighted by atomic mass is 32.1. The zero-order valence-corrected chi connectivity index (χ0v) is 23.5. The molecule has 9 heteroatoms. The van der Waals surface area contributed by atoms with Gasteiger partial charge in [-0.1, -0.05) is 73.7 Å². The van der Waals surface area contributed by atoms with Gasteiger partial charge in [-0.05, 0) is 57.6 Å². The van der Waals surface area contributed by atoms with E-state index in [1.165, 1.54) is 0 Å². The van der Waals surface area contributed by atoms with Crippen LogP contribution in [0.1, 0.15) is 111 Å². The standard InChI is InChI=1S/C28H34F5NO2S/c1-14(2)10-18-19(25(35)36-9)21(24(29)30)34-23(28(31,32)33)20(18)22(37)15-11-16(26(3,4)5)13-17(12-15)27(6,7)8/h11-14,24H,10H2,1-9H3. The minimum absolute atomic E-state index is 0.115. The summed E-state index contributed by atoms with van der Waals surface area (Å²) >= 11 is 5.66. The molecule has 204 valence electrons. The Morgan fingerprint density at radius 2 is 1.43 bits per heavy atom. The molecule has 0 aliphatic heterocycles. The van der Waals surface area contributed by atoms with E-state index in [4.69, 9.17) is 17.0 Å². The van der Waals surface area contributed by atoms with Gasteiger partial charge >= 0.3 is 12.1 Å². The second-order valence-electron chi connectivity index (χ2n) is 11.6. The molecule has 0 fully saturated rings. The molecule has 0 radical (unpaired) electrons. The third-order valence-corrected chi connectivity index (χ3v) is 6.40. The summed E-state index contributed by atoms with van der Waals surface area (Å²) in [5.74, 6) is -1.47. The second kappa shape index (κ2) is 10.8. The van der Waals surface area contributed by atoms with Crippen molar-refractivity contribution in [2.45, 2.75) is 85.2 Å². The largest absolute Gasteiger partial charge is 0.465 e. The van der Waals surface area contributed by atoms with Crippen molar-refractivity contribution in [2.24, 2.45) is 5.92 Å². The Bertz CT molecular complexity index is 1160. The number of carbonyl (C=O) groups is 1. The lowest BCUT2D eigenvalue weighted by Crippen LogP contribution is -2.25. The first-order valence-corrected chi connectivity index (χ1v) is 12.3. The van der Waals surface area contributed by atoms with Crippen LogP contribution in [-0.4, -0.2) is 22.9 Å². The number of hydrogen-bond acceptors (Lipinski definition) is 4. The first kappa shape index (κ1) is 30.8. The van der Waals surface area contributed by atoms with Gasteiger partial charge in [-0.15, -0.1) is 0 Å². The molecule has 0 saturated heterocycles. The molecule has 0 amide bonds. The Morgan fingerprint density at radius 1 is 0.946 bits per heavy atom. The van der Waals surface area contributed by atoms with Crippen LogP contribution in [0.15, 0.2) is 18.2 Å². The van der Waals surface area contributed by atoms with Crippen molar-refractivity contribution >= 4 is 23.1 Å². The molecule has 3 nitrogen and oxygen atoms in total. The molecule has 1 aromatic carbocycles. The van der Waals surface area contributed by atoms with Crippen LogP contribution >= 0.6 is 12.2 Å². The predicted octanol–water partition coefficient (Wildman–Crippen LogP) is 8.38. The molecule has 1 heterocycles. The highest BCUT2D eigenvalue weighted by molar-refractivity contribution is 7.81. The number of esters is 1. The van der Waals surface area contributed by atoms with E-state index >= 15 is 0 Å². The van der Waals surface area contributed by atoms with E-state index in [-0.39, 0.29) is 33.6 Å². The van der Waals surface area contributed by atoms with Crippen LogP contribution in [0.5, 0.6) is 0 Å². The Balaban J connectivity index is 3.11. The average molecular weight is 544 g/mol. The van der Waals surface area contributed by atoms with Gasteiger partial charge in [0.25, 0.3) is 6.43 Å². The summed E-state index contributed by atoms with van der Waals surface area (Å²) in [6, 6.07) is 5.43. The van der Waals surface area contributed by atoms with Crippen molar-refractivity contribution in [3.63, 3.8) is 0 Å². The maximum absolute atomic E-state index is 14.4. The summed E-state index contributed by atoms with van der Waals surface area (Å²) in [5.41, 5.74) is -2.92. The minimum Gasteiger partial charge on any atom is -0.465 e. The van der Waals surface area contributed by atoms with E-state index < -0.39 is 41.1 Å². The fraction of sp³-hybridized carbons (Fsp3) is 0.536. The van der Waals surface area contributed by atoms with E-state index in [9.17, 15) is 26.7 Å². The average Bonchev–Trinajstić information content (AvgIpc) is 2.74. The number of nitrogens with zero attached hydrogens (tertiary/aromatic N) is 1. The normalized spacial score (nSPS) is 12.9. The van der Waals surface area contributed by atoms with Crippen LogP contribution < -0.4 is 0 Å². The molecule has 0 aliphatic carbocycles. The van der Waals surface area contributed by atoms with Crippen LogP contribution in [-0.2, 0) is 28.2 Å². The van der Waals surface area contributed by atoms with Crippen LogP contribution in [0.3, 0.4) is 0 Å². The number of alkyl halides is 5. The Morgan fingerprint density at radius 3 is 1.78 bits per heavy atom. The number of halogens is 5. The SMILES string of the molecule is COC(=O)c1c(C(F)F)nc(C(F)(F)F)c(C(=S)c2cc(C(C)(C)C)cc(C(C)(C)C)c2)c1CC(C)C. The number of benzene rings is 1. The molecular formula is C28H34F5NO2S. The number of hydrogen-bond donors (Lipinski definition) is 0. The van der Waals surface area contributed by atoms with E-state index in [2.05, 4.69) is 4.98 Å². The van der Waals surface area contributed by atoms with Crippen molar-refractivity contribution in [2.75, 3.05) is 7.11 Å². The monoisotopic (exact) mass is 543 g/mol. The molecule has 0 bridgehead atoms. The molecular weight excluding hydrogens is 509 g/mol. The van der Waals surface area contributed by atoms with Gasteiger partial charge in [-0.3, -0.25) is 0 Å². The van der Waals surface area contributed by atoms with Crippen molar-refractivity contribution < 1.29 is 31.5 Å². The van der Waals surface area contributed by atoms with E-state index in [1.807, 2.05) is 47.6 Å². The Hall–Kier alpha value is -2.42. The van der Waals surface area contributed by atoms with Gasteiger partial charge in [-0.25, -0.2) is 18.6 Å². The fourth-order valence-corrected chi connectivity index (χ4v) is 4.31. The quantitative estimate of drug-likeness (QED) is 0.159. The fourth-order valence-electron chi connectivity index (χ4n) is 3.97. The molecule has 2 aromatic rings. The number of aromatic nitrogens is 1. The van der Waals surface area contributed by atoms with Gasteiger partial charge in [0.15, 0.2) is 5.69 Å². The van der Waals surface area contributed by atoms with E-state index in [0.29, 0.717) is 5.56 Å². The zero-order valence-electron chi connectivity index (χ0n) is 22.7. The molecule has 0 spiro atoms. The lowest BCUT2D eigenvalue weighted by molar-refractivity contribution is -0.141. The first-order valence-electron chi connectivity index (χ1n) is 11.9. The summed E-state index contributed by atoms with van der Waals surface area (Å²) < 4.78 is 75.7. The van der Waals surface area contributed by atoms with Crippen molar-refractivity contribution in [1.82, 2.24) is 4.98 Å². The Labute approximate surface area is 220 Å². The molecule has 2 rings (SSSR count). The van der Waals surface area contributed by atoms with Crippen molar-refractivity contribution in [3.05, 3.63) is 63.0 Å². The van der Waals surface area contributed by atoms with Gasteiger partial charge in [0, 0.05) is 5.56 Å². The van der Waals surface area contributed by atoms with Crippen LogP contribution in [0.4, 0.5) is 22.0 Å². The molecule has 0 aliphatic rings. The maximum atomic E-state index is 14.4. The molecule has 37 heavy (non-hydrogen) atoms. The number of ether oxygens (including phenoxy) is 1. The molecule has 0 saturated carbocycles. The van der Waals surface area contributed by atoms with Gasteiger partial charge in [0.2, 0.25) is 0 Å². The number of carbonyl (C=O) groups excluding carboxylic acids is 1. The lowest BCUT2D eigenvalue weighted by Gasteiger charge is -2.27. The molecule has 1 aromatic heterocycles. The van der Waals surface area contributed by atoms with Crippen molar-refractivity contribution in [1.29, 1.82) is 0 Å². The third kappa shape index (κ3) is 6.92. The highest BCUT2D eigenvalue weighted by Crippen LogP contribution is 2.40. The number of pyridine rings is 1. The summed E-state index contributed by atoms with van der Waals surface area (Å²) in [6.45, 7) is 15.3. The second-order valence-corrected chi connectivity index (χ2v) is 12.0. The molecule has 0 unspecified atom stereocenters. The summed E-state index contributed by atoms with van der Waals surface area (Å²) in [7, 11) is 0.981. The van der Waals surface area contributed by atoms with E-state index in [1.54, 1.807) is 26.0 Å². The Kier molecular flexibility index (Phi) is 8.95. The summed E-state index contributed by atoms with van der Waals surface area (Å²) in [6.07, 6.45) is -8.64. The number of thiocarbonyl (C=S) groups is 1. The van der Waals surface area contributed by atoms with E-state index in [0.717, 1.165) is 18.2 Å². The van der Waals surface area contributed by atoms with Crippen molar-refractivity contribution in [3.8, 4) is 0 Å². The topological polar surface area (TPSA) is 39.2 Å². The predicted molar refractivity (Wildman–Crippen MR) is 139 cm³/mol. The number of methoxy groups -OCH3 is 1. The van der Waals surface area contributed by atoms with Crippen LogP contribution in [0, 0.1) is 5.92 Å². The summed E-state index contributed by atoms with van der Waals surface area (Å²) in [4.78, 5) is 15.8. The van der Waals surface area contributed by atoms with Gasteiger partial charge in [0.05, 0.1) is 17.5 Å². The molecule has 0 atom stereocenters. The van der Waals surface area contributed by atoms with Gasteiger partial charge in [-0.2, -0.15) is 13.2 Å². The minimum atomic E-state index is -5.10.